The van der Waals surface area contributed by atoms with Crippen LogP contribution in [-0.4, -0.2) is 42.3 Å². The van der Waals surface area contributed by atoms with Crippen LogP contribution in [0.1, 0.15) is 6.92 Å². The van der Waals surface area contributed by atoms with Gasteiger partial charge in [0.25, 0.3) is 0 Å². The van der Waals surface area contributed by atoms with E-state index in [9.17, 15) is 4.79 Å². The van der Waals surface area contributed by atoms with Crippen molar-refractivity contribution in [2.45, 2.75) is 6.92 Å². The summed E-state index contributed by atoms with van der Waals surface area (Å²) in [5.41, 5.74) is 0. The van der Waals surface area contributed by atoms with Crippen molar-refractivity contribution in [1.29, 1.82) is 0 Å². The summed E-state index contributed by atoms with van der Waals surface area (Å²) in [6.07, 6.45) is 0. The quantitative estimate of drug-likeness (QED) is 0.180. The first kappa shape index (κ1) is 15.4. The molecule has 0 aliphatic heterocycles. The molecule has 0 aromatic carbocycles. The van der Waals surface area contributed by atoms with Crippen LogP contribution in [0.3, 0.4) is 0 Å². The molecule has 0 rings (SSSR count). The largest absolute Gasteiger partial charge is 1.00 e. The van der Waals surface area contributed by atoms with Crippen molar-refractivity contribution in [2.24, 2.45) is 0 Å². The highest BCUT2D eigenvalue weighted by molar-refractivity contribution is 14.1. The van der Waals surface area contributed by atoms with E-state index in [4.69, 9.17) is 4.74 Å². The molecule has 0 atom stereocenters. The van der Waals surface area contributed by atoms with Gasteiger partial charge in [0.05, 0.1) is 14.1 Å². The van der Waals surface area contributed by atoms with Gasteiger partial charge in [-0.25, -0.2) is 0 Å². The zero-order valence-corrected chi connectivity index (χ0v) is 12.0. The van der Waals surface area contributed by atoms with E-state index in [0.717, 1.165) is 15.6 Å². The Morgan fingerprint density at radius 1 is 1.50 bits per heavy atom. The number of halogens is 2. The second-order valence-electron chi connectivity index (χ2n) is 3.12. The van der Waals surface area contributed by atoms with Crippen molar-refractivity contribution in [3.63, 3.8) is 0 Å². The molecule has 0 aromatic heterocycles. The van der Waals surface area contributed by atoms with Gasteiger partial charge in [0.2, 0.25) is 0 Å². The van der Waals surface area contributed by atoms with Crippen LogP contribution in [0.15, 0.2) is 0 Å². The Morgan fingerprint density at radius 3 is 2.33 bits per heavy atom. The molecule has 0 bridgehead atoms. The Balaban J connectivity index is 0. The van der Waals surface area contributed by atoms with Gasteiger partial charge in [0.15, 0.2) is 0 Å². The normalized spacial score (nSPS) is 10.3. The number of quaternary nitrogens is 1. The summed E-state index contributed by atoms with van der Waals surface area (Å²) in [7, 11) is 4.21. The van der Waals surface area contributed by atoms with Gasteiger partial charge in [-0.15, -0.1) is 0 Å². The fourth-order valence-corrected chi connectivity index (χ4v) is 0.837. The molecule has 0 radical (unpaired) electrons. The van der Waals surface area contributed by atoms with Crippen molar-refractivity contribution >= 4 is 28.6 Å². The van der Waals surface area contributed by atoms with Crippen molar-refractivity contribution in [3.8, 4) is 0 Å². The zero-order chi connectivity index (χ0) is 8.91. The van der Waals surface area contributed by atoms with Crippen LogP contribution < -0.4 is 24.0 Å². The number of alkyl halides is 1. The highest BCUT2D eigenvalue weighted by Gasteiger charge is 2.12. The molecule has 0 unspecified atom stereocenters. The van der Waals surface area contributed by atoms with Gasteiger partial charge >= 0.3 is 5.97 Å². The van der Waals surface area contributed by atoms with E-state index in [-0.39, 0.29) is 29.9 Å². The smallest absolute Gasteiger partial charge is 0.302 e. The number of rotatable bonds is 4. The summed E-state index contributed by atoms with van der Waals surface area (Å²) in [4.78, 5) is 10.4. The first-order chi connectivity index (χ1) is 4.98. The fourth-order valence-electron chi connectivity index (χ4n) is 0.496. The average molecular weight is 399 g/mol. The number of hydrogen-bond acceptors (Lipinski definition) is 2. The molecule has 0 saturated heterocycles. The third kappa shape index (κ3) is 8.98. The van der Waals surface area contributed by atoms with E-state index in [1.165, 1.54) is 6.92 Å². The molecule has 0 aliphatic rings. The Morgan fingerprint density at radius 2 is 2.00 bits per heavy atom. The van der Waals surface area contributed by atoms with E-state index in [1.807, 2.05) is 0 Å². The van der Waals surface area contributed by atoms with Gasteiger partial charge < -0.3 is 33.2 Å². The minimum Gasteiger partial charge on any atom is -1.00 e. The molecule has 5 heteroatoms. The maximum absolute atomic E-state index is 10.4. The number of esters is 1. The lowest BCUT2D eigenvalue weighted by Gasteiger charge is -2.26. The molecule has 0 heterocycles. The van der Waals surface area contributed by atoms with Crippen molar-refractivity contribution in [2.75, 3.05) is 31.8 Å². The lowest BCUT2D eigenvalue weighted by Crippen LogP contribution is -3.00. The molecule has 74 valence electrons. The Hall–Kier alpha value is 0.890. The Bertz CT molecular complexity index is 139. The zero-order valence-electron chi connectivity index (χ0n) is 7.64. The van der Waals surface area contributed by atoms with Crippen LogP contribution in [0.4, 0.5) is 0 Å². The van der Waals surface area contributed by atoms with Gasteiger partial charge in [-0.3, -0.25) is 4.79 Å². The first-order valence-corrected chi connectivity index (χ1v) is 5.02. The summed E-state index contributed by atoms with van der Waals surface area (Å²) >= 11 is 2.32. The summed E-state index contributed by atoms with van der Waals surface area (Å²) in [5, 5.41) is 0. The number of hydrogen-bond donors (Lipinski definition) is 0. The van der Waals surface area contributed by atoms with Gasteiger partial charge in [-0.2, -0.15) is 0 Å². The number of nitrogens with zero attached hydrogens (tertiary/aromatic N) is 1. The second-order valence-corrected chi connectivity index (χ2v) is 3.80. The molecule has 0 saturated carbocycles. The number of likely N-dealkylation sites (N-methyl/N-ethyl adjacent to an activating group) is 1. The van der Waals surface area contributed by atoms with Crippen LogP contribution in [0, 0.1) is 0 Å². The molecule has 0 amide bonds. The number of carbonyl (C=O) groups is 1. The maximum atomic E-state index is 10.4. The van der Waals surface area contributed by atoms with Crippen LogP contribution >= 0.6 is 22.6 Å². The molecule has 0 aliphatic carbocycles. The van der Waals surface area contributed by atoms with E-state index in [1.54, 1.807) is 0 Å². The van der Waals surface area contributed by atoms with Crippen LogP contribution in [0.2, 0.25) is 0 Å². The highest BCUT2D eigenvalue weighted by atomic mass is 127. The minimum absolute atomic E-state index is 0. The average Bonchev–Trinajstić information content (AvgIpc) is 1.87. The molecular weight excluding hydrogens is 384 g/mol. The van der Waals surface area contributed by atoms with Crippen LogP contribution in [0.5, 0.6) is 0 Å². The van der Waals surface area contributed by atoms with Crippen LogP contribution in [-0.2, 0) is 9.53 Å². The second kappa shape index (κ2) is 7.31. The van der Waals surface area contributed by atoms with Gasteiger partial charge in [-0.05, 0) is 22.6 Å². The molecule has 0 spiro atoms. The molecule has 0 aromatic rings. The molecule has 0 N–H and O–H groups in total. The van der Waals surface area contributed by atoms with E-state index in [2.05, 4.69) is 36.7 Å². The summed E-state index contributed by atoms with van der Waals surface area (Å²) in [5.74, 6) is -0.196. The van der Waals surface area contributed by atoms with Crippen LogP contribution in [0.25, 0.3) is 0 Å². The third-order valence-electron chi connectivity index (χ3n) is 1.33. The summed E-state index contributed by atoms with van der Waals surface area (Å²) < 4.78 is 6.73. The van der Waals surface area contributed by atoms with Gasteiger partial charge in [0.1, 0.15) is 17.7 Å². The standard InChI is InChI=1S/C7H15INO2.HI/c1-7(10)11-5-4-9(2,3)6-8;/h4-6H2,1-3H3;1H/q+1;/p-1. The Labute approximate surface area is 105 Å². The molecule has 0 fully saturated rings. The van der Waals surface area contributed by atoms with E-state index in [0.29, 0.717) is 6.61 Å². The summed E-state index contributed by atoms with van der Waals surface area (Å²) in [6, 6.07) is 0. The van der Waals surface area contributed by atoms with E-state index < -0.39 is 0 Å². The maximum Gasteiger partial charge on any atom is 0.302 e. The fraction of sp³-hybridized carbons (Fsp3) is 0.857. The molecule has 12 heavy (non-hydrogen) atoms. The highest BCUT2D eigenvalue weighted by Crippen LogP contribution is 2.00. The van der Waals surface area contributed by atoms with Crippen molar-refractivity contribution in [1.82, 2.24) is 0 Å². The predicted molar refractivity (Wildman–Crippen MR) is 52.5 cm³/mol. The number of ether oxygens (including phenoxy) is 1. The lowest BCUT2D eigenvalue weighted by molar-refractivity contribution is -0.874. The molecular formula is C7H15I2NO2. The third-order valence-corrected chi connectivity index (χ3v) is 3.17. The van der Waals surface area contributed by atoms with Crippen molar-refractivity contribution in [3.05, 3.63) is 0 Å². The first-order valence-electron chi connectivity index (χ1n) is 3.49. The van der Waals surface area contributed by atoms with Gasteiger partial charge in [0, 0.05) is 6.92 Å². The summed E-state index contributed by atoms with van der Waals surface area (Å²) in [6.45, 7) is 2.83. The molecule has 3 nitrogen and oxygen atoms in total. The van der Waals surface area contributed by atoms with E-state index >= 15 is 0 Å². The minimum atomic E-state index is -0.196. The van der Waals surface area contributed by atoms with Gasteiger partial charge in [-0.1, -0.05) is 0 Å². The predicted octanol–water partition coefficient (Wildman–Crippen LogP) is -1.98. The monoisotopic (exact) mass is 399 g/mol. The SMILES string of the molecule is CC(=O)OCC[N+](C)(C)CI.[I-]. The Kier molecular flexibility index (Phi) is 9.36. The van der Waals surface area contributed by atoms with Crippen molar-refractivity contribution < 1.29 is 38.0 Å². The number of carbonyl (C=O) groups excluding carboxylic acids is 1. The lowest BCUT2D eigenvalue weighted by atomic mass is 10.5. The topological polar surface area (TPSA) is 26.3 Å².